The van der Waals surface area contributed by atoms with Crippen molar-refractivity contribution in [3.05, 3.63) is 46.9 Å². The van der Waals surface area contributed by atoms with E-state index < -0.39 is 0 Å². The second kappa shape index (κ2) is 8.34. The maximum atomic E-state index is 12.3. The molecule has 0 aromatic carbocycles. The second-order valence-electron chi connectivity index (χ2n) is 6.52. The van der Waals surface area contributed by atoms with Crippen molar-refractivity contribution in [3.8, 4) is 0 Å². The molecular formula is C18H20N6O3S. The number of hydrogen-bond acceptors (Lipinski definition) is 7. The first kappa shape index (κ1) is 18.4. The lowest BCUT2D eigenvalue weighted by atomic mass is 10.2. The van der Waals surface area contributed by atoms with Gasteiger partial charge in [0.25, 0.3) is 5.91 Å². The van der Waals surface area contributed by atoms with Crippen LogP contribution in [0.2, 0.25) is 0 Å². The summed E-state index contributed by atoms with van der Waals surface area (Å²) in [5.74, 6) is 1.47. The standard InChI is InChI=1S/C18H20N6O3S/c25-16(19-10-15-23-22-14-6-2-1-3-7-24(14)15)9-12-11-28-18(20-12)21-17(26)13-5-4-8-27-13/h4-5,8,11H,1-3,6-7,9-10H2,(H,19,25)(H,20,21,26). The summed E-state index contributed by atoms with van der Waals surface area (Å²) in [6, 6.07) is 3.21. The summed E-state index contributed by atoms with van der Waals surface area (Å²) in [6.45, 7) is 1.25. The van der Waals surface area contributed by atoms with E-state index in [4.69, 9.17) is 4.42 Å². The number of aromatic nitrogens is 4. The minimum absolute atomic E-state index is 0.133. The normalized spacial score (nSPS) is 13.6. The third-order valence-electron chi connectivity index (χ3n) is 4.49. The van der Waals surface area contributed by atoms with E-state index in [1.165, 1.54) is 24.0 Å². The Labute approximate surface area is 165 Å². The lowest BCUT2D eigenvalue weighted by Crippen LogP contribution is -2.26. The first-order chi connectivity index (χ1) is 13.7. The van der Waals surface area contributed by atoms with Crippen LogP contribution in [0, 0.1) is 0 Å². The van der Waals surface area contributed by atoms with Gasteiger partial charge in [0, 0.05) is 18.3 Å². The van der Waals surface area contributed by atoms with Crippen LogP contribution < -0.4 is 10.6 Å². The fraction of sp³-hybridized carbons (Fsp3) is 0.389. The summed E-state index contributed by atoms with van der Waals surface area (Å²) < 4.78 is 7.15. The highest BCUT2D eigenvalue weighted by Crippen LogP contribution is 2.17. The minimum atomic E-state index is -0.372. The van der Waals surface area contributed by atoms with E-state index in [1.54, 1.807) is 17.5 Å². The molecule has 9 nitrogen and oxygen atoms in total. The van der Waals surface area contributed by atoms with E-state index >= 15 is 0 Å². The Kier molecular flexibility index (Phi) is 5.47. The lowest BCUT2D eigenvalue weighted by Gasteiger charge is -2.07. The van der Waals surface area contributed by atoms with Gasteiger partial charge in [0.15, 0.2) is 16.7 Å². The molecule has 0 saturated carbocycles. The molecule has 1 aliphatic rings. The molecule has 2 amide bonds. The van der Waals surface area contributed by atoms with Gasteiger partial charge in [-0.1, -0.05) is 6.42 Å². The van der Waals surface area contributed by atoms with E-state index in [-0.39, 0.29) is 24.0 Å². The monoisotopic (exact) mass is 400 g/mol. The summed E-state index contributed by atoms with van der Waals surface area (Å²) in [5.41, 5.74) is 0.595. The van der Waals surface area contributed by atoms with Crippen molar-refractivity contribution in [1.29, 1.82) is 0 Å². The molecule has 146 valence electrons. The van der Waals surface area contributed by atoms with Crippen LogP contribution >= 0.6 is 11.3 Å². The minimum Gasteiger partial charge on any atom is -0.459 e. The van der Waals surface area contributed by atoms with Crippen LogP contribution in [-0.4, -0.2) is 31.6 Å². The molecule has 0 radical (unpaired) electrons. The third kappa shape index (κ3) is 4.28. The molecule has 0 saturated heterocycles. The van der Waals surface area contributed by atoms with Gasteiger partial charge in [0.05, 0.1) is 24.9 Å². The molecule has 4 heterocycles. The zero-order valence-electron chi connectivity index (χ0n) is 15.2. The predicted octanol–water partition coefficient (Wildman–Crippen LogP) is 2.17. The van der Waals surface area contributed by atoms with E-state index in [9.17, 15) is 9.59 Å². The number of aryl methyl sites for hydroxylation is 1. The van der Waals surface area contributed by atoms with Crippen LogP contribution in [0.15, 0.2) is 28.2 Å². The summed E-state index contributed by atoms with van der Waals surface area (Å²) in [4.78, 5) is 28.5. The number of anilines is 1. The molecule has 0 bridgehead atoms. The number of thiazole rings is 1. The lowest BCUT2D eigenvalue weighted by molar-refractivity contribution is -0.120. The largest absolute Gasteiger partial charge is 0.459 e. The fourth-order valence-corrected chi connectivity index (χ4v) is 3.80. The zero-order valence-corrected chi connectivity index (χ0v) is 16.0. The summed E-state index contributed by atoms with van der Waals surface area (Å²) in [7, 11) is 0. The molecule has 0 aliphatic carbocycles. The number of fused-ring (bicyclic) bond motifs is 1. The Morgan fingerprint density at radius 3 is 3.04 bits per heavy atom. The number of furan rings is 1. The smallest absolute Gasteiger partial charge is 0.293 e. The molecule has 1 aliphatic heterocycles. The summed E-state index contributed by atoms with van der Waals surface area (Å²) in [5, 5.41) is 16.1. The van der Waals surface area contributed by atoms with E-state index in [1.807, 2.05) is 0 Å². The van der Waals surface area contributed by atoms with E-state index in [0.717, 1.165) is 37.5 Å². The van der Waals surface area contributed by atoms with Crippen molar-refractivity contribution >= 4 is 28.3 Å². The molecular weight excluding hydrogens is 380 g/mol. The highest BCUT2D eigenvalue weighted by molar-refractivity contribution is 7.14. The number of carbonyl (C=O) groups excluding carboxylic acids is 2. The molecule has 0 atom stereocenters. The summed E-state index contributed by atoms with van der Waals surface area (Å²) in [6.07, 6.45) is 5.93. The number of amides is 2. The first-order valence-electron chi connectivity index (χ1n) is 9.16. The second-order valence-corrected chi connectivity index (χ2v) is 7.38. The molecule has 0 spiro atoms. The molecule has 2 N–H and O–H groups in total. The van der Waals surface area contributed by atoms with Gasteiger partial charge >= 0.3 is 0 Å². The van der Waals surface area contributed by atoms with Gasteiger partial charge in [-0.2, -0.15) is 0 Å². The predicted molar refractivity (Wildman–Crippen MR) is 102 cm³/mol. The highest BCUT2D eigenvalue weighted by Gasteiger charge is 2.16. The number of nitrogens with zero attached hydrogens (tertiary/aromatic N) is 4. The van der Waals surface area contributed by atoms with E-state index in [0.29, 0.717) is 17.4 Å². The molecule has 0 unspecified atom stereocenters. The number of nitrogens with one attached hydrogen (secondary N) is 2. The highest BCUT2D eigenvalue weighted by atomic mass is 32.1. The van der Waals surface area contributed by atoms with Gasteiger partial charge in [-0.3, -0.25) is 14.9 Å². The Morgan fingerprint density at radius 2 is 2.18 bits per heavy atom. The van der Waals surface area contributed by atoms with Gasteiger partial charge in [0.1, 0.15) is 5.82 Å². The van der Waals surface area contributed by atoms with Gasteiger partial charge in [-0.15, -0.1) is 21.5 Å². The zero-order chi connectivity index (χ0) is 19.3. The number of carbonyl (C=O) groups is 2. The summed E-state index contributed by atoms with van der Waals surface area (Å²) >= 11 is 1.26. The van der Waals surface area contributed by atoms with Crippen LogP contribution in [0.5, 0.6) is 0 Å². The van der Waals surface area contributed by atoms with Gasteiger partial charge < -0.3 is 14.3 Å². The molecule has 28 heavy (non-hydrogen) atoms. The Hall–Kier alpha value is -3.01. The van der Waals surface area contributed by atoms with Crippen molar-refractivity contribution in [2.45, 2.75) is 45.2 Å². The van der Waals surface area contributed by atoms with Crippen LogP contribution in [0.25, 0.3) is 0 Å². The third-order valence-corrected chi connectivity index (χ3v) is 5.30. The van der Waals surface area contributed by atoms with Crippen molar-refractivity contribution < 1.29 is 14.0 Å². The van der Waals surface area contributed by atoms with E-state index in [2.05, 4.69) is 30.4 Å². The quantitative estimate of drug-likeness (QED) is 0.655. The number of hydrogen-bond donors (Lipinski definition) is 2. The van der Waals surface area contributed by atoms with Gasteiger partial charge in [0.2, 0.25) is 5.91 Å². The number of rotatable bonds is 6. The topological polar surface area (TPSA) is 115 Å². The van der Waals surface area contributed by atoms with Crippen LogP contribution in [0.1, 0.15) is 47.2 Å². The molecule has 4 rings (SSSR count). The Balaban J connectivity index is 1.29. The maximum absolute atomic E-state index is 12.3. The van der Waals surface area contributed by atoms with Gasteiger partial charge in [-0.25, -0.2) is 4.98 Å². The molecule has 0 fully saturated rings. The van der Waals surface area contributed by atoms with Gasteiger partial charge in [-0.05, 0) is 25.0 Å². The Bertz CT molecular complexity index is 962. The SMILES string of the molecule is O=C(Cc1csc(NC(=O)c2ccco2)n1)NCc1nnc2n1CCCCC2. The average Bonchev–Trinajstić information content (AvgIpc) is 3.40. The molecule has 3 aromatic heterocycles. The van der Waals surface area contributed by atoms with Crippen LogP contribution in [0.3, 0.4) is 0 Å². The molecule has 10 heteroatoms. The Morgan fingerprint density at radius 1 is 1.25 bits per heavy atom. The van der Waals surface area contributed by atoms with Crippen molar-refractivity contribution in [2.75, 3.05) is 5.32 Å². The van der Waals surface area contributed by atoms with Crippen molar-refractivity contribution in [2.24, 2.45) is 0 Å². The first-order valence-corrected chi connectivity index (χ1v) is 10.0. The average molecular weight is 400 g/mol. The molecule has 3 aromatic rings. The fourth-order valence-electron chi connectivity index (χ4n) is 3.09. The van der Waals surface area contributed by atoms with Crippen LogP contribution in [-0.2, 0) is 30.7 Å². The van der Waals surface area contributed by atoms with Crippen molar-refractivity contribution in [3.63, 3.8) is 0 Å². The van der Waals surface area contributed by atoms with Crippen LogP contribution in [0.4, 0.5) is 5.13 Å². The maximum Gasteiger partial charge on any atom is 0.293 e. The van der Waals surface area contributed by atoms with Crippen molar-refractivity contribution in [1.82, 2.24) is 25.1 Å².